The number of hydrogen-bond acceptors (Lipinski definition) is 3. The fraction of sp³-hybridized carbons (Fsp3) is 0.353. The molecular formula is C17H19N5O2. The van der Waals surface area contributed by atoms with Gasteiger partial charge in [-0.1, -0.05) is 6.07 Å². The molecule has 0 unspecified atom stereocenters. The number of nitrogens with zero attached hydrogens (tertiary/aromatic N) is 4. The molecule has 3 rings (SSSR count). The molecule has 7 nitrogen and oxygen atoms in total. The van der Waals surface area contributed by atoms with E-state index in [0.717, 1.165) is 16.6 Å². The third kappa shape index (κ3) is 3.18. The van der Waals surface area contributed by atoms with Gasteiger partial charge in [0.25, 0.3) is 0 Å². The van der Waals surface area contributed by atoms with Gasteiger partial charge in [-0.25, -0.2) is 4.79 Å². The van der Waals surface area contributed by atoms with Crippen LogP contribution in [0, 0.1) is 11.3 Å². The molecule has 0 spiro atoms. The normalized spacial score (nSPS) is 14.5. The van der Waals surface area contributed by atoms with Crippen molar-refractivity contribution in [3.05, 3.63) is 30.5 Å². The highest BCUT2D eigenvalue weighted by Crippen LogP contribution is 2.20. The lowest BCUT2D eigenvalue weighted by molar-refractivity contribution is -0.131. The fourth-order valence-corrected chi connectivity index (χ4v) is 2.88. The van der Waals surface area contributed by atoms with Gasteiger partial charge >= 0.3 is 6.03 Å². The van der Waals surface area contributed by atoms with E-state index in [1.54, 1.807) is 9.80 Å². The van der Waals surface area contributed by atoms with Crippen LogP contribution in [-0.4, -0.2) is 52.5 Å². The number of carbonyl (C=O) groups excluding carboxylic acids is 2. The molecule has 7 heteroatoms. The van der Waals surface area contributed by atoms with Gasteiger partial charge in [0.05, 0.1) is 6.07 Å². The van der Waals surface area contributed by atoms with Crippen molar-refractivity contribution in [2.45, 2.75) is 6.42 Å². The zero-order valence-electron chi connectivity index (χ0n) is 13.5. The minimum Gasteiger partial charge on any atom is -0.350 e. The number of aromatic nitrogens is 1. The number of urea groups is 1. The number of rotatable bonds is 2. The van der Waals surface area contributed by atoms with Gasteiger partial charge in [-0.2, -0.15) is 5.26 Å². The summed E-state index contributed by atoms with van der Waals surface area (Å²) in [7, 11) is 1.96. The first-order valence-corrected chi connectivity index (χ1v) is 7.84. The van der Waals surface area contributed by atoms with Gasteiger partial charge in [-0.05, 0) is 23.6 Å². The lowest BCUT2D eigenvalue weighted by atomic mass is 10.2. The van der Waals surface area contributed by atoms with Crippen LogP contribution in [0.2, 0.25) is 0 Å². The van der Waals surface area contributed by atoms with E-state index in [2.05, 4.69) is 5.32 Å². The quantitative estimate of drug-likeness (QED) is 0.913. The van der Waals surface area contributed by atoms with Crippen LogP contribution >= 0.6 is 0 Å². The molecule has 1 fully saturated rings. The second kappa shape index (κ2) is 6.62. The summed E-state index contributed by atoms with van der Waals surface area (Å²) in [5.74, 6) is -0.174. The molecule has 0 aliphatic carbocycles. The summed E-state index contributed by atoms with van der Waals surface area (Å²) in [6.07, 6.45) is 1.87. The molecule has 2 aromatic rings. The van der Waals surface area contributed by atoms with Gasteiger partial charge < -0.3 is 19.7 Å². The highest BCUT2D eigenvalue weighted by Gasteiger charge is 2.23. The van der Waals surface area contributed by atoms with Crippen molar-refractivity contribution in [3.63, 3.8) is 0 Å². The number of nitrogens with one attached hydrogen (secondary N) is 1. The molecule has 1 saturated heterocycles. The molecule has 24 heavy (non-hydrogen) atoms. The number of benzene rings is 1. The second-order valence-electron chi connectivity index (χ2n) is 5.83. The number of aryl methyl sites for hydroxylation is 1. The molecule has 0 radical (unpaired) electrons. The summed E-state index contributed by atoms with van der Waals surface area (Å²) in [5.41, 5.74) is 1.80. The van der Waals surface area contributed by atoms with Crippen LogP contribution in [0.5, 0.6) is 0 Å². The van der Waals surface area contributed by atoms with Crippen molar-refractivity contribution >= 4 is 28.5 Å². The highest BCUT2D eigenvalue weighted by molar-refractivity contribution is 5.93. The summed E-state index contributed by atoms with van der Waals surface area (Å²) in [6.45, 7) is 1.86. The molecule has 3 amide bonds. The van der Waals surface area contributed by atoms with Crippen molar-refractivity contribution in [1.82, 2.24) is 14.4 Å². The number of nitriles is 1. The third-order valence-electron chi connectivity index (χ3n) is 4.29. The Bertz CT molecular complexity index is 812. The van der Waals surface area contributed by atoms with E-state index in [4.69, 9.17) is 5.26 Å². The molecule has 1 aromatic heterocycles. The number of hydrogen-bond donors (Lipinski definition) is 1. The van der Waals surface area contributed by atoms with E-state index in [9.17, 15) is 9.59 Å². The Morgan fingerprint density at radius 2 is 1.88 bits per heavy atom. The number of anilines is 1. The topological polar surface area (TPSA) is 81.4 Å². The average Bonchev–Trinajstić information content (AvgIpc) is 2.96. The maximum atomic E-state index is 12.4. The van der Waals surface area contributed by atoms with Gasteiger partial charge in [-0.15, -0.1) is 0 Å². The summed E-state index contributed by atoms with van der Waals surface area (Å²) in [6, 6.07) is 9.52. The summed E-state index contributed by atoms with van der Waals surface area (Å²) < 4.78 is 2.00. The standard InChI is InChI=1S/C17H19N5O2/c1-20-7-5-13-2-3-14(12-15(13)20)19-17(24)22-10-8-21(9-11-22)16(23)4-6-18/h2-3,5,7,12H,4,8-11H2,1H3,(H,19,24). The molecule has 0 atom stereocenters. The molecule has 0 bridgehead atoms. The Morgan fingerprint density at radius 1 is 1.17 bits per heavy atom. The van der Waals surface area contributed by atoms with Crippen LogP contribution in [0.25, 0.3) is 10.9 Å². The molecule has 1 aliphatic heterocycles. The predicted octanol–water partition coefficient (Wildman–Crippen LogP) is 1.77. The summed E-state index contributed by atoms with van der Waals surface area (Å²) in [5, 5.41) is 12.6. The summed E-state index contributed by atoms with van der Waals surface area (Å²) in [4.78, 5) is 27.4. The maximum Gasteiger partial charge on any atom is 0.321 e. The Hall–Kier alpha value is -3.01. The van der Waals surface area contributed by atoms with Crippen molar-refractivity contribution in [2.75, 3.05) is 31.5 Å². The Kier molecular flexibility index (Phi) is 4.38. The lowest BCUT2D eigenvalue weighted by Crippen LogP contribution is -2.51. The predicted molar refractivity (Wildman–Crippen MR) is 90.3 cm³/mol. The minimum atomic E-state index is -0.174. The maximum absolute atomic E-state index is 12.4. The molecule has 1 aromatic carbocycles. The average molecular weight is 325 g/mol. The number of fused-ring (bicyclic) bond motifs is 1. The van der Waals surface area contributed by atoms with Gasteiger partial charge in [0.15, 0.2) is 0 Å². The van der Waals surface area contributed by atoms with Crippen LogP contribution < -0.4 is 5.32 Å². The number of piperazine rings is 1. The van der Waals surface area contributed by atoms with Gasteiger partial charge in [0.1, 0.15) is 6.42 Å². The molecule has 124 valence electrons. The zero-order valence-corrected chi connectivity index (χ0v) is 13.5. The van der Waals surface area contributed by atoms with E-state index in [1.807, 2.05) is 48.1 Å². The number of amides is 3. The van der Waals surface area contributed by atoms with Gasteiger partial charge in [-0.3, -0.25) is 4.79 Å². The first kappa shape index (κ1) is 15.9. The largest absolute Gasteiger partial charge is 0.350 e. The van der Waals surface area contributed by atoms with Crippen molar-refractivity contribution in [2.24, 2.45) is 7.05 Å². The number of carbonyl (C=O) groups is 2. The van der Waals surface area contributed by atoms with E-state index in [1.165, 1.54) is 0 Å². The van der Waals surface area contributed by atoms with E-state index in [-0.39, 0.29) is 18.4 Å². The van der Waals surface area contributed by atoms with Crippen molar-refractivity contribution in [1.29, 1.82) is 5.26 Å². The van der Waals surface area contributed by atoms with Crippen LogP contribution in [0.15, 0.2) is 30.5 Å². The molecular weight excluding hydrogens is 306 g/mol. The van der Waals surface area contributed by atoms with Crippen LogP contribution in [0.1, 0.15) is 6.42 Å². The smallest absolute Gasteiger partial charge is 0.321 e. The molecule has 1 N–H and O–H groups in total. The van der Waals surface area contributed by atoms with Crippen LogP contribution in [0.3, 0.4) is 0 Å². The first-order chi connectivity index (χ1) is 11.6. The molecule has 2 heterocycles. The molecule has 1 aliphatic rings. The summed E-state index contributed by atoms with van der Waals surface area (Å²) >= 11 is 0. The lowest BCUT2D eigenvalue weighted by Gasteiger charge is -2.34. The van der Waals surface area contributed by atoms with Gasteiger partial charge in [0, 0.05) is 50.6 Å². The minimum absolute atomic E-state index is 0.108. The second-order valence-corrected chi connectivity index (χ2v) is 5.83. The van der Waals surface area contributed by atoms with Crippen LogP contribution in [0.4, 0.5) is 10.5 Å². The Labute approximate surface area is 140 Å². The zero-order chi connectivity index (χ0) is 17.1. The van der Waals surface area contributed by atoms with E-state index < -0.39 is 0 Å². The van der Waals surface area contributed by atoms with Crippen LogP contribution in [-0.2, 0) is 11.8 Å². The molecule has 0 saturated carbocycles. The Morgan fingerprint density at radius 3 is 2.58 bits per heavy atom. The fourth-order valence-electron chi connectivity index (χ4n) is 2.88. The SMILES string of the molecule is Cn1ccc2ccc(NC(=O)N3CCN(C(=O)CC#N)CC3)cc21. The highest BCUT2D eigenvalue weighted by atomic mass is 16.2. The van der Waals surface area contributed by atoms with Crippen molar-refractivity contribution < 1.29 is 9.59 Å². The Balaban J connectivity index is 1.60. The van der Waals surface area contributed by atoms with Gasteiger partial charge in [0.2, 0.25) is 5.91 Å². The van der Waals surface area contributed by atoms with E-state index in [0.29, 0.717) is 26.2 Å². The van der Waals surface area contributed by atoms with Crippen molar-refractivity contribution in [3.8, 4) is 6.07 Å². The monoisotopic (exact) mass is 325 g/mol. The third-order valence-corrected chi connectivity index (χ3v) is 4.29. The van der Waals surface area contributed by atoms with E-state index >= 15 is 0 Å². The first-order valence-electron chi connectivity index (χ1n) is 7.84.